The Morgan fingerprint density at radius 2 is 2.08 bits per heavy atom. The lowest BCUT2D eigenvalue weighted by Gasteiger charge is -2.48. The van der Waals surface area contributed by atoms with Gasteiger partial charge in [0.2, 0.25) is 5.95 Å². The number of piperidine rings is 1. The number of aliphatic hydroxyl groups is 2. The van der Waals surface area contributed by atoms with Crippen molar-refractivity contribution >= 4 is 11.6 Å². The number of hydrogen-bond acceptors (Lipinski definition) is 5. The number of carbonyl (C=O) groups is 1. The number of hydrogen-bond donors (Lipinski definition) is 2. The molecule has 0 radical (unpaired) electrons. The van der Waals surface area contributed by atoms with E-state index in [1.807, 2.05) is 13.0 Å². The molecule has 0 saturated carbocycles. The van der Waals surface area contributed by atoms with Crippen LogP contribution in [0, 0.1) is 12.9 Å². The SMILES string of the molecule is Cc1ccc2nc(C(=O)N3CCC4(CC3)OCC[C@H](O)[C@@H]4O)c(F)n2c1. The molecule has 1 amide bonds. The van der Waals surface area contributed by atoms with E-state index in [2.05, 4.69) is 4.98 Å². The molecular formula is C18H22FN3O4. The highest BCUT2D eigenvalue weighted by Gasteiger charge is 2.48. The molecule has 2 fully saturated rings. The van der Waals surface area contributed by atoms with Gasteiger partial charge < -0.3 is 19.8 Å². The first-order valence-electron chi connectivity index (χ1n) is 8.85. The summed E-state index contributed by atoms with van der Waals surface area (Å²) in [6, 6.07) is 3.49. The van der Waals surface area contributed by atoms with Crippen molar-refractivity contribution in [2.24, 2.45) is 0 Å². The van der Waals surface area contributed by atoms with Crippen molar-refractivity contribution in [1.82, 2.24) is 14.3 Å². The third-order valence-electron chi connectivity index (χ3n) is 5.51. The largest absolute Gasteiger partial charge is 0.390 e. The zero-order chi connectivity index (χ0) is 18.5. The van der Waals surface area contributed by atoms with Gasteiger partial charge in [0.05, 0.1) is 18.3 Å². The van der Waals surface area contributed by atoms with Crippen molar-refractivity contribution < 1.29 is 24.1 Å². The summed E-state index contributed by atoms with van der Waals surface area (Å²) in [5.41, 5.74) is 0.230. The van der Waals surface area contributed by atoms with Gasteiger partial charge in [-0.25, -0.2) is 4.98 Å². The lowest BCUT2D eigenvalue weighted by Crippen LogP contribution is -2.60. The highest BCUT2D eigenvalue weighted by atomic mass is 19.1. The van der Waals surface area contributed by atoms with Gasteiger partial charge in [0.1, 0.15) is 11.8 Å². The molecule has 7 nitrogen and oxygen atoms in total. The molecule has 26 heavy (non-hydrogen) atoms. The number of fused-ring (bicyclic) bond motifs is 1. The number of nitrogens with zero attached hydrogens (tertiary/aromatic N) is 3. The van der Waals surface area contributed by atoms with Crippen molar-refractivity contribution in [3.8, 4) is 0 Å². The average Bonchev–Trinajstić information content (AvgIpc) is 2.96. The van der Waals surface area contributed by atoms with E-state index in [-0.39, 0.29) is 5.69 Å². The Labute approximate surface area is 150 Å². The first kappa shape index (κ1) is 17.4. The zero-order valence-electron chi connectivity index (χ0n) is 14.6. The normalized spacial score (nSPS) is 25.8. The Balaban J connectivity index is 1.53. The number of imidazole rings is 1. The van der Waals surface area contributed by atoms with Crippen LogP contribution in [0.25, 0.3) is 5.65 Å². The molecule has 2 atom stereocenters. The predicted octanol–water partition coefficient (Wildman–Crippen LogP) is 0.899. The third kappa shape index (κ3) is 2.69. The molecule has 0 aliphatic carbocycles. The number of halogens is 1. The number of rotatable bonds is 1. The van der Waals surface area contributed by atoms with Gasteiger partial charge in [-0.05, 0) is 37.8 Å². The van der Waals surface area contributed by atoms with Crippen LogP contribution >= 0.6 is 0 Å². The summed E-state index contributed by atoms with van der Waals surface area (Å²) in [4.78, 5) is 18.4. The van der Waals surface area contributed by atoms with Crippen molar-refractivity contribution in [2.75, 3.05) is 19.7 Å². The quantitative estimate of drug-likeness (QED) is 0.786. The zero-order valence-corrected chi connectivity index (χ0v) is 14.6. The summed E-state index contributed by atoms with van der Waals surface area (Å²) in [5, 5.41) is 20.2. The number of carbonyl (C=O) groups excluding carboxylic acids is 1. The molecule has 8 heteroatoms. The molecule has 4 heterocycles. The smallest absolute Gasteiger partial charge is 0.277 e. The van der Waals surface area contributed by atoms with Crippen LogP contribution < -0.4 is 0 Å². The molecule has 0 bridgehead atoms. The van der Waals surface area contributed by atoms with E-state index in [1.54, 1.807) is 12.3 Å². The second-order valence-electron chi connectivity index (χ2n) is 7.19. The Kier molecular flexibility index (Phi) is 4.21. The van der Waals surface area contributed by atoms with Gasteiger partial charge in [-0.1, -0.05) is 6.07 Å². The number of ether oxygens (including phenoxy) is 1. The first-order valence-corrected chi connectivity index (χ1v) is 8.85. The maximum absolute atomic E-state index is 14.6. The van der Waals surface area contributed by atoms with Crippen LogP contribution in [-0.2, 0) is 4.74 Å². The molecule has 0 aromatic carbocycles. The number of amides is 1. The fraction of sp³-hybridized carbons (Fsp3) is 0.556. The molecule has 4 rings (SSSR count). The molecule has 140 valence electrons. The summed E-state index contributed by atoms with van der Waals surface area (Å²) in [7, 11) is 0. The van der Waals surface area contributed by atoms with E-state index >= 15 is 0 Å². The number of aliphatic hydroxyl groups excluding tert-OH is 2. The number of likely N-dealkylation sites (tertiary alicyclic amines) is 1. The topological polar surface area (TPSA) is 87.3 Å². The van der Waals surface area contributed by atoms with E-state index in [0.717, 1.165) is 5.56 Å². The Bertz CT molecular complexity index is 844. The molecule has 1 spiro atoms. The summed E-state index contributed by atoms with van der Waals surface area (Å²) < 4.78 is 21.7. The number of aromatic nitrogens is 2. The van der Waals surface area contributed by atoms with Crippen molar-refractivity contribution in [3.63, 3.8) is 0 Å². The van der Waals surface area contributed by atoms with Gasteiger partial charge in [0.25, 0.3) is 5.91 Å². The van der Waals surface area contributed by atoms with E-state index in [4.69, 9.17) is 4.74 Å². The Morgan fingerprint density at radius 1 is 1.35 bits per heavy atom. The maximum atomic E-state index is 14.6. The number of pyridine rings is 1. The minimum atomic E-state index is -0.969. The second kappa shape index (κ2) is 6.29. The van der Waals surface area contributed by atoms with Crippen LogP contribution in [-0.4, -0.2) is 67.9 Å². The maximum Gasteiger partial charge on any atom is 0.277 e. The van der Waals surface area contributed by atoms with Crippen molar-refractivity contribution in [3.05, 3.63) is 35.5 Å². The van der Waals surface area contributed by atoms with Gasteiger partial charge in [-0.15, -0.1) is 0 Å². The predicted molar refractivity (Wildman–Crippen MR) is 90.3 cm³/mol. The van der Waals surface area contributed by atoms with Crippen LogP contribution in [0.4, 0.5) is 4.39 Å². The van der Waals surface area contributed by atoms with Crippen LogP contribution in [0.15, 0.2) is 18.3 Å². The van der Waals surface area contributed by atoms with E-state index in [1.165, 1.54) is 9.30 Å². The molecular weight excluding hydrogens is 341 g/mol. The Morgan fingerprint density at radius 3 is 2.81 bits per heavy atom. The van der Waals surface area contributed by atoms with Crippen molar-refractivity contribution in [2.45, 2.75) is 44.0 Å². The van der Waals surface area contributed by atoms with Crippen LogP contribution in [0.1, 0.15) is 35.3 Å². The first-order chi connectivity index (χ1) is 12.4. The monoisotopic (exact) mass is 363 g/mol. The van der Waals surface area contributed by atoms with Gasteiger partial charge in [0.15, 0.2) is 5.69 Å². The highest BCUT2D eigenvalue weighted by Crippen LogP contribution is 2.35. The molecule has 2 saturated heterocycles. The van der Waals surface area contributed by atoms with E-state index in [0.29, 0.717) is 44.6 Å². The van der Waals surface area contributed by atoms with Gasteiger partial charge >= 0.3 is 0 Å². The fourth-order valence-electron chi connectivity index (χ4n) is 3.91. The lowest BCUT2D eigenvalue weighted by atomic mass is 9.80. The lowest BCUT2D eigenvalue weighted by molar-refractivity contribution is -0.212. The van der Waals surface area contributed by atoms with Gasteiger partial charge in [-0.2, -0.15) is 4.39 Å². The summed E-state index contributed by atoms with van der Waals surface area (Å²) in [5.74, 6) is -1.14. The van der Waals surface area contributed by atoms with Gasteiger partial charge in [0, 0.05) is 19.3 Å². The minimum Gasteiger partial charge on any atom is -0.390 e. The van der Waals surface area contributed by atoms with Gasteiger partial charge in [-0.3, -0.25) is 9.20 Å². The molecule has 2 aliphatic heterocycles. The molecule has 2 aliphatic rings. The Hall–Kier alpha value is -2.03. The van der Waals surface area contributed by atoms with Crippen LogP contribution in [0.3, 0.4) is 0 Å². The highest BCUT2D eigenvalue weighted by molar-refractivity contribution is 5.93. The molecule has 2 aromatic rings. The molecule has 0 unspecified atom stereocenters. The van der Waals surface area contributed by atoms with Crippen molar-refractivity contribution in [1.29, 1.82) is 0 Å². The second-order valence-corrected chi connectivity index (χ2v) is 7.19. The average molecular weight is 363 g/mol. The fourth-order valence-corrected chi connectivity index (χ4v) is 3.91. The van der Waals surface area contributed by atoms with Crippen LogP contribution in [0.2, 0.25) is 0 Å². The molecule has 2 N–H and O–H groups in total. The van der Waals surface area contributed by atoms with Crippen LogP contribution in [0.5, 0.6) is 0 Å². The third-order valence-corrected chi connectivity index (χ3v) is 5.51. The summed E-state index contributed by atoms with van der Waals surface area (Å²) >= 11 is 0. The number of aryl methyl sites for hydroxylation is 1. The van der Waals surface area contributed by atoms with E-state index in [9.17, 15) is 19.4 Å². The molecule has 2 aromatic heterocycles. The van der Waals surface area contributed by atoms with E-state index < -0.39 is 29.7 Å². The standard InChI is InChI=1S/C18H22FN3O4/c1-11-2-3-13-20-14(16(19)22(13)10-11)17(25)21-7-5-18(6-8-21)15(24)12(23)4-9-26-18/h2-3,10,12,15,23-24H,4-9H2,1H3/t12-,15-/m0/s1. The summed E-state index contributed by atoms with van der Waals surface area (Å²) in [6.07, 6.45) is 1.01. The summed E-state index contributed by atoms with van der Waals surface area (Å²) in [6.45, 7) is 2.85. The minimum absolute atomic E-state index is 0.198.